The van der Waals surface area contributed by atoms with Crippen molar-refractivity contribution >= 4 is 0 Å². The predicted octanol–water partition coefficient (Wildman–Crippen LogP) is 4.31. The molecule has 0 aliphatic carbocycles. The minimum Gasteiger partial charge on any atom is -0.306 e. The summed E-state index contributed by atoms with van der Waals surface area (Å²) in [5.41, 5.74) is 3.83. The zero-order valence-corrected chi connectivity index (χ0v) is 13.6. The number of rotatable bonds is 5. The summed E-state index contributed by atoms with van der Waals surface area (Å²) in [6, 6.07) is 13.9. The van der Waals surface area contributed by atoms with Crippen LogP contribution in [0.4, 0.5) is 8.78 Å². The number of hydrogen-bond acceptors (Lipinski definition) is 2. The summed E-state index contributed by atoms with van der Waals surface area (Å²) in [4.78, 5) is 0. The molecule has 1 heterocycles. The maximum atomic E-state index is 13.3. The van der Waals surface area contributed by atoms with E-state index in [-0.39, 0.29) is 6.04 Å². The zero-order chi connectivity index (χ0) is 17.1. The minimum absolute atomic E-state index is 0.0376. The molecule has 0 aliphatic rings. The van der Waals surface area contributed by atoms with E-state index in [1.165, 1.54) is 6.07 Å². The van der Waals surface area contributed by atoms with E-state index < -0.39 is 11.6 Å². The zero-order valence-electron chi connectivity index (χ0n) is 13.6. The Morgan fingerprint density at radius 2 is 1.83 bits per heavy atom. The van der Waals surface area contributed by atoms with Crippen LogP contribution in [0, 0.1) is 18.6 Å². The van der Waals surface area contributed by atoms with E-state index in [9.17, 15) is 8.78 Å². The van der Waals surface area contributed by atoms with E-state index >= 15 is 0 Å². The maximum Gasteiger partial charge on any atom is 0.159 e. The van der Waals surface area contributed by atoms with Crippen molar-refractivity contribution in [3.05, 3.63) is 83.2 Å². The number of benzene rings is 2. The van der Waals surface area contributed by atoms with Crippen molar-refractivity contribution in [1.29, 1.82) is 0 Å². The van der Waals surface area contributed by atoms with Gasteiger partial charge in [0.05, 0.1) is 11.9 Å². The van der Waals surface area contributed by atoms with Crippen LogP contribution in [0.3, 0.4) is 0 Å². The Morgan fingerprint density at radius 3 is 2.54 bits per heavy atom. The van der Waals surface area contributed by atoms with Crippen LogP contribution in [0.15, 0.2) is 54.7 Å². The van der Waals surface area contributed by atoms with Gasteiger partial charge in [0.2, 0.25) is 0 Å². The molecule has 1 aromatic heterocycles. The molecular weight excluding hydrogens is 308 g/mol. The van der Waals surface area contributed by atoms with Gasteiger partial charge in [0, 0.05) is 23.8 Å². The summed E-state index contributed by atoms with van der Waals surface area (Å²) in [6.07, 6.45) is 1.84. The summed E-state index contributed by atoms with van der Waals surface area (Å²) in [6.45, 7) is 4.50. The van der Waals surface area contributed by atoms with Gasteiger partial charge in [-0.25, -0.2) is 13.5 Å². The van der Waals surface area contributed by atoms with Crippen LogP contribution >= 0.6 is 0 Å². The smallest absolute Gasteiger partial charge is 0.159 e. The van der Waals surface area contributed by atoms with Crippen LogP contribution in [0.5, 0.6) is 0 Å². The molecule has 124 valence electrons. The van der Waals surface area contributed by atoms with E-state index in [1.807, 2.05) is 55.1 Å². The van der Waals surface area contributed by atoms with Crippen molar-refractivity contribution < 1.29 is 8.78 Å². The molecule has 0 bridgehead atoms. The number of para-hydroxylation sites is 1. The molecular formula is C19H19F2N3. The second-order valence-electron chi connectivity index (χ2n) is 5.78. The highest BCUT2D eigenvalue weighted by molar-refractivity contribution is 5.35. The average molecular weight is 327 g/mol. The SMILES string of the molecule is Cc1c([C@H](C)NCc2ccc(F)c(F)c2)cnn1-c1ccccc1. The standard InChI is InChI=1S/C19H19F2N3/c1-13(22-11-15-8-9-18(20)19(21)10-15)17-12-23-24(14(17)2)16-6-4-3-5-7-16/h3-10,12-13,22H,11H2,1-2H3/t13-/m0/s1. The lowest BCUT2D eigenvalue weighted by Gasteiger charge is -2.14. The van der Waals surface area contributed by atoms with Gasteiger partial charge in [-0.15, -0.1) is 0 Å². The number of hydrogen-bond donors (Lipinski definition) is 1. The molecule has 0 spiro atoms. The highest BCUT2D eigenvalue weighted by atomic mass is 19.2. The molecule has 0 aliphatic heterocycles. The fourth-order valence-electron chi connectivity index (χ4n) is 2.71. The van der Waals surface area contributed by atoms with Crippen molar-refractivity contribution in [2.45, 2.75) is 26.4 Å². The second-order valence-corrected chi connectivity index (χ2v) is 5.78. The highest BCUT2D eigenvalue weighted by Gasteiger charge is 2.14. The van der Waals surface area contributed by atoms with E-state index in [4.69, 9.17) is 0 Å². The summed E-state index contributed by atoms with van der Waals surface area (Å²) in [7, 11) is 0. The molecule has 2 aromatic carbocycles. The van der Waals surface area contributed by atoms with Crippen molar-refractivity contribution in [2.24, 2.45) is 0 Å². The molecule has 0 amide bonds. The number of halogens is 2. The fraction of sp³-hybridized carbons (Fsp3) is 0.211. The number of nitrogens with zero attached hydrogens (tertiary/aromatic N) is 2. The fourth-order valence-corrected chi connectivity index (χ4v) is 2.71. The third kappa shape index (κ3) is 3.36. The third-order valence-corrected chi connectivity index (χ3v) is 4.11. The minimum atomic E-state index is -0.827. The van der Waals surface area contributed by atoms with Crippen molar-refractivity contribution in [3.8, 4) is 5.69 Å². The van der Waals surface area contributed by atoms with E-state index in [2.05, 4.69) is 10.4 Å². The molecule has 5 heteroatoms. The Hall–Kier alpha value is -2.53. The largest absolute Gasteiger partial charge is 0.306 e. The Kier molecular flexibility index (Phi) is 4.71. The lowest BCUT2D eigenvalue weighted by atomic mass is 10.1. The molecule has 3 nitrogen and oxygen atoms in total. The molecule has 0 unspecified atom stereocenters. The first kappa shape index (κ1) is 16.3. The number of aromatic nitrogens is 2. The molecule has 0 saturated heterocycles. The van der Waals surface area contributed by atoms with Crippen LogP contribution in [-0.2, 0) is 6.54 Å². The molecule has 0 saturated carbocycles. The summed E-state index contributed by atoms with van der Waals surface area (Å²) in [5, 5.41) is 7.78. The number of nitrogens with one attached hydrogen (secondary N) is 1. The molecule has 1 N–H and O–H groups in total. The van der Waals surface area contributed by atoms with E-state index in [0.717, 1.165) is 23.0 Å². The van der Waals surface area contributed by atoms with Crippen molar-refractivity contribution in [3.63, 3.8) is 0 Å². The summed E-state index contributed by atoms with van der Waals surface area (Å²) >= 11 is 0. The van der Waals surface area contributed by atoms with Gasteiger partial charge >= 0.3 is 0 Å². The van der Waals surface area contributed by atoms with Gasteiger partial charge in [0.25, 0.3) is 0 Å². The maximum absolute atomic E-state index is 13.3. The monoisotopic (exact) mass is 327 g/mol. The molecule has 3 aromatic rings. The topological polar surface area (TPSA) is 29.9 Å². The molecule has 0 fully saturated rings. The van der Waals surface area contributed by atoms with Crippen molar-refractivity contribution in [2.75, 3.05) is 0 Å². The van der Waals surface area contributed by atoms with Gasteiger partial charge in [-0.3, -0.25) is 0 Å². The Balaban J connectivity index is 1.72. The molecule has 3 rings (SSSR count). The van der Waals surface area contributed by atoms with Gasteiger partial charge in [0.1, 0.15) is 0 Å². The van der Waals surface area contributed by atoms with Crippen molar-refractivity contribution in [1.82, 2.24) is 15.1 Å². The Labute approximate surface area is 139 Å². The predicted molar refractivity (Wildman–Crippen MR) is 89.9 cm³/mol. The van der Waals surface area contributed by atoms with Gasteiger partial charge < -0.3 is 5.32 Å². The van der Waals surface area contributed by atoms with Gasteiger partial charge in [-0.05, 0) is 43.7 Å². The Bertz CT molecular complexity index is 828. The normalized spacial score (nSPS) is 12.3. The first-order chi connectivity index (χ1) is 11.6. The Morgan fingerprint density at radius 1 is 1.08 bits per heavy atom. The van der Waals surface area contributed by atoms with Crippen LogP contribution < -0.4 is 5.32 Å². The first-order valence-electron chi connectivity index (χ1n) is 7.83. The summed E-state index contributed by atoms with van der Waals surface area (Å²) in [5.74, 6) is -1.65. The van der Waals surface area contributed by atoms with E-state index in [1.54, 1.807) is 6.07 Å². The van der Waals surface area contributed by atoms with Crippen LogP contribution in [0.1, 0.15) is 29.8 Å². The lowest BCUT2D eigenvalue weighted by Crippen LogP contribution is -2.18. The van der Waals surface area contributed by atoms with Gasteiger partial charge in [-0.2, -0.15) is 5.10 Å². The van der Waals surface area contributed by atoms with Gasteiger partial charge in [-0.1, -0.05) is 24.3 Å². The van der Waals surface area contributed by atoms with Gasteiger partial charge in [0.15, 0.2) is 11.6 Å². The van der Waals surface area contributed by atoms with E-state index in [0.29, 0.717) is 12.1 Å². The molecule has 24 heavy (non-hydrogen) atoms. The first-order valence-corrected chi connectivity index (χ1v) is 7.83. The highest BCUT2D eigenvalue weighted by Crippen LogP contribution is 2.20. The van der Waals surface area contributed by atoms with Crippen LogP contribution in [0.25, 0.3) is 5.69 Å². The van der Waals surface area contributed by atoms with Crippen LogP contribution in [0.2, 0.25) is 0 Å². The average Bonchev–Trinajstić information content (AvgIpc) is 2.98. The lowest BCUT2D eigenvalue weighted by molar-refractivity contribution is 0.503. The third-order valence-electron chi connectivity index (χ3n) is 4.11. The molecule has 1 atom stereocenters. The summed E-state index contributed by atoms with van der Waals surface area (Å²) < 4.78 is 28.1. The quantitative estimate of drug-likeness (QED) is 0.757. The molecule has 0 radical (unpaired) electrons. The van der Waals surface area contributed by atoms with Crippen LogP contribution in [-0.4, -0.2) is 9.78 Å². The second kappa shape index (κ2) is 6.93.